The summed E-state index contributed by atoms with van der Waals surface area (Å²) in [5.41, 5.74) is 0. The number of nitrogens with zero attached hydrogens (tertiary/aromatic N) is 4. The quantitative estimate of drug-likeness (QED) is 0.757. The van der Waals surface area contributed by atoms with Gasteiger partial charge in [-0.2, -0.15) is 9.61 Å². The first-order valence-corrected chi connectivity index (χ1v) is 4.52. The van der Waals surface area contributed by atoms with Gasteiger partial charge in [-0.05, 0) is 0 Å². The maximum atomic E-state index is 10.1. The molecule has 2 aromatic heterocycles. The molecule has 0 unspecified atom stereocenters. The van der Waals surface area contributed by atoms with Crippen LogP contribution < -0.4 is 0 Å². The van der Waals surface area contributed by atoms with E-state index in [0.717, 1.165) is 0 Å². The van der Waals surface area contributed by atoms with E-state index >= 15 is 0 Å². The zero-order valence-corrected chi connectivity index (χ0v) is 7.77. The molecular weight excluding hydrogens is 208 g/mol. The third-order valence-corrected chi connectivity index (χ3v) is 2.27. The molecular formula is C6H6N4O3S. The lowest BCUT2D eigenvalue weighted by Crippen LogP contribution is -2.06. The van der Waals surface area contributed by atoms with E-state index in [2.05, 4.69) is 15.3 Å². The number of fused-ring (bicyclic) bond motifs is 1. The van der Waals surface area contributed by atoms with Crippen LogP contribution in [0.4, 0.5) is 0 Å². The van der Waals surface area contributed by atoms with Crippen molar-refractivity contribution in [2.75, 3.05) is 6.61 Å². The molecule has 1 N–H and O–H groups in total. The van der Waals surface area contributed by atoms with Crippen LogP contribution in [-0.2, 0) is 16.1 Å². The van der Waals surface area contributed by atoms with Crippen LogP contribution in [-0.4, -0.2) is 37.5 Å². The first-order valence-electron chi connectivity index (χ1n) is 3.71. The number of carboxylic acid groups (broad SMARTS) is 1. The van der Waals surface area contributed by atoms with Crippen LogP contribution in [0.2, 0.25) is 0 Å². The Morgan fingerprint density at radius 1 is 1.71 bits per heavy atom. The minimum absolute atomic E-state index is 0.181. The number of rotatable bonds is 4. The van der Waals surface area contributed by atoms with E-state index in [4.69, 9.17) is 9.84 Å². The highest BCUT2D eigenvalue weighted by Gasteiger charge is 2.05. The molecule has 0 radical (unpaired) electrons. The average Bonchev–Trinajstić information content (AvgIpc) is 2.62. The average molecular weight is 214 g/mol. The third-order valence-electron chi connectivity index (χ3n) is 1.38. The van der Waals surface area contributed by atoms with Crippen LogP contribution in [0.15, 0.2) is 6.33 Å². The Balaban J connectivity index is 1.98. The van der Waals surface area contributed by atoms with Crippen molar-refractivity contribution in [2.24, 2.45) is 0 Å². The lowest BCUT2D eigenvalue weighted by Gasteiger charge is -1.94. The number of hydrogen-bond donors (Lipinski definition) is 1. The molecule has 14 heavy (non-hydrogen) atoms. The number of carbonyl (C=O) groups is 1. The molecule has 7 nitrogen and oxygen atoms in total. The lowest BCUT2D eigenvalue weighted by atomic mass is 10.7. The summed E-state index contributed by atoms with van der Waals surface area (Å²) in [6.07, 6.45) is 1.48. The van der Waals surface area contributed by atoms with E-state index in [-0.39, 0.29) is 13.2 Å². The van der Waals surface area contributed by atoms with E-state index < -0.39 is 5.97 Å². The van der Waals surface area contributed by atoms with Crippen molar-refractivity contribution in [3.63, 3.8) is 0 Å². The molecule has 74 valence electrons. The van der Waals surface area contributed by atoms with E-state index in [0.29, 0.717) is 9.97 Å². The Hall–Kier alpha value is -1.54. The summed E-state index contributed by atoms with van der Waals surface area (Å²) in [7, 11) is 0. The normalized spacial score (nSPS) is 10.9. The van der Waals surface area contributed by atoms with Gasteiger partial charge in [0, 0.05) is 0 Å². The monoisotopic (exact) mass is 214 g/mol. The summed E-state index contributed by atoms with van der Waals surface area (Å²) in [5, 5.41) is 20.5. The fourth-order valence-corrected chi connectivity index (χ4v) is 1.64. The van der Waals surface area contributed by atoms with E-state index in [1.54, 1.807) is 0 Å². The number of aliphatic carboxylic acids is 1. The second-order valence-electron chi connectivity index (χ2n) is 2.44. The Bertz CT molecular complexity index is 422. The van der Waals surface area contributed by atoms with Gasteiger partial charge in [-0.15, -0.1) is 10.2 Å². The first kappa shape index (κ1) is 9.03. The summed E-state index contributed by atoms with van der Waals surface area (Å²) >= 11 is 1.32. The van der Waals surface area contributed by atoms with Crippen LogP contribution in [0.5, 0.6) is 0 Å². The van der Waals surface area contributed by atoms with Crippen molar-refractivity contribution in [1.29, 1.82) is 0 Å². The first-order chi connectivity index (χ1) is 6.75. The van der Waals surface area contributed by atoms with Crippen LogP contribution in [0.25, 0.3) is 4.96 Å². The smallest absolute Gasteiger partial charge is 0.329 e. The number of hydrogen-bond acceptors (Lipinski definition) is 6. The summed E-state index contributed by atoms with van der Waals surface area (Å²) in [5.74, 6) is -0.993. The van der Waals surface area contributed by atoms with Crippen LogP contribution >= 0.6 is 11.3 Å². The molecule has 0 fully saturated rings. The van der Waals surface area contributed by atoms with Crippen molar-refractivity contribution in [3.05, 3.63) is 11.3 Å². The van der Waals surface area contributed by atoms with Crippen molar-refractivity contribution in [1.82, 2.24) is 19.8 Å². The van der Waals surface area contributed by atoms with Gasteiger partial charge in [-0.3, -0.25) is 0 Å². The highest BCUT2D eigenvalue weighted by molar-refractivity contribution is 7.16. The molecule has 8 heteroatoms. The van der Waals surface area contributed by atoms with Gasteiger partial charge in [0.25, 0.3) is 0 Å². The second kappa shape index (κ2) is 3.68. The highest BCUT2D eigenvalue weighted by Crippen LogP contribution is 2.11. The SMILES string of the molecule is O=C(O)COCc1nn2cnnc2s1. The third kappa shape index (κ3) is 1.86. The fourth-order valence-electron chi connectivity index (χ4n) is 0.885. The molecule has 0 atom stereocenters. The second-order valence-corrected chi connectivity index (χ2v) is 3.48. The number of ether oxygens (including phenoxy) is 1. The maximum absolute atomic E-state index is 10.1. The van der Waals surface area contributed by atoms with E-state index in [1.165, 1.54) is 22.2 Å². The zero-order chi connectivity index (χ0) is 9.97. The predicted molar refractivity (Wildman–Crippen MR) is 46.0 cm³/mol. The fraction of sp³-hybridized carbons (Fsp3) is 0.333. The van der Waals surface area contributed by atoms with E-state index in [9.17, 15) is 4.79 Å². The molecule has 0 aliphatic rings. The van der Waals surface area contributed by atoms with Gasteiger partial charge < -0.3 is 9.84 Å². The minimum atomic E-state index is -0.993. The molecule has 0 bridgehead atoms. The maximum Gasteiger partial charge on any atom is 0.329 e. The van der Waals surface area contributed by atoms with Gasteiger partial charge in [-0.1, -0.05) is 11.3 Å². The van der Waals surface area contributed by atoms with Crippen LogP contribution in [0.3, 0.4) is 0 Å². The van der Waals surface area contributed by atoms with Gasteiger partial charge in [0.15, 0.2) is 0 Å². The van der Waals surface area contributed by atoms with Gasteiger partial charge in [0.1, 0.15) is 24.5 Å². The standard InChI is InChI=1S/C6H6N4O3S/c11-5(12)2-13-1-4-9-10-3-7-8-6(10)14-4/h3H,1-2H2,(H,11,12). The Kier molecular flexibility index (Phi) is 2.37. The summed E-state index contributed by atoms with van der Waals surface area (Å²) in [6.45, 7) is -0.138. The molecule has 0 amide bonds. The molecule has 0 aromatic carbocycles. The number of carboxylic acids is 1. The van der Waals surface area contributed by atoms with Gasteiger partial charge >= 0.3 is 5.97 Å². The number of aromatic nitrogens is 4. The molecule has 2 rings (SSSR count). The van der Waals surface area contributed by atoms with Crippen molar-refractivity contribution in [3.8, 4) is 0 Å². The van der Waals surface area contributed by atoms with E-state index in [1.807, 2.05) is 0 Å². The van der Waals surface area contributed by atoms with Crippen molar-refractivity contribution in [2.45, 2.75) is 6.61 Å². The minimum Gasteiger partial charge on any atom is -0.480 e. The summed E-state index contributed by atoms with van der Waals surface area (Å²) < 4.78 is 6.38. The van der Waals surface area contributed by atoms with Crippen molar-refractivity contribution < 1.29 is 14.6 Å². The Morgan fingerprint density at radius 2 is 2.57 bits per heavy atom. The molecule has 2 heterocycles. The van der Waals surface area contributed by atoms with Crippen LogP contribution in [0.1, 0.15) is 5.01 Å². The Labute approximate surface area is 81.9 Å². The zero-order valence-electron chi connectivity index (χ0n) is 6.95. The molecule has 0 aliphatic carbocycles. The lowest BCUT2D eigenvalue weighted by molar-refractivity contribution is -0.142. The molecule has 0 spiro atoms. The summed E-state index contributed by atoms with van der Waals surface area (Å²) in [6, 6.07) is 0. The van der Waals surface area contributed by atoms with Crippen molar-refractivity contribution >= 4 is 22.3 Å². The molecule has 2 aromatic rings. The highest BCUT2D eigenvalue weighted by atomic mass is 32.1. The van der Waals surface area contributed by atoms with Crippen LogP contribution in [0, 0.1) is 0 Å². The molecule has 0 aliphatic heterocycles. The largest absolute Gasteiger partial charge is 0.480 e. The molecule has 0 saturated carbocycles. The predicted octanol–water partition coefficient (Wildman–Crippen LogP) is -0.213. The van der Waals surface area contributed by atoms with Gasteiger partial charge in [0.2, 0.25) is 4.96 Å². The molecule has 0 saturated heterocycles. The topological polar surface area (TPSA) is 89.6 Å². The van der Waals surface area contributed by atoms with Gasteiger partial charge in [0.05, 0.1) is 0 Å². The Morgan fingerprint density at radius 3 is 3.29 bits per heavy atom. The summed E-state index contributed by atoms with van der Waals surface area (Å²) in [4.78, 5) is 10.8. The van der Waals surface area contributed by atoms with Gasteiger partial charge in [-0.25, -0.2) is 4.79 Å².